The van der Waals surface area contributed by atoms with Crippen LogP contribution in [-0.2, 0) is 36.7 Å². The molecule has 0 spiro atoms. The first-order valence-electron chi connectivity index (χ1n) is 13.6. The summed E-state index contributed by atoms with van der Waals surface area (Å²) >= 11 is 0. The second-order valence-electron chi connectivity index (χ2n) is 10.0. The molecule has 0 fully saturated rings. The fraction of sp³-hybridized carbons (Fsp3) is 0.312. The van der Waals surface area contributed by atoms with Crippen LogP contribution in [0.15, 0.2) is 60.7 Å². The number of nitrogens with zero attached hydrogens (tertiary/aromatic N) is 1. The van der Waals surface area contributed by atoms with Crippen molar-refractivity contribution in [1.82, 2.24) is 0 Å². The van der Waals surface area contributed by atoms with Gasteiger partial charge in [0.25, 0.3) is 0 Å². The van der Waals surface area contributed by atoms with Crippen molar-refractivity contribution in [3.63, 3.8) is 0 Å². The van der Waals surface area contributed by atoms with Crippen LogP contribution in [0.3, 0.4) is 0 Å². The summed E-state index contributed by atoms with van der Waals surface area (Å²) in [4.78, 5) is 51.6. The van der Waals surface area contributed by atoms with E-state index < -0.39 is 23.9 Å². The molecule has 1 aliphatic rings. The number of para-hydroxylation sites is 1. The molecule has 0 saturated heterocycles. The Hall–Kier alpha value is -4.86. The number of carbonyl (C=O) groups is 4. The van der Waals surface area contributed by atoms with Crippen LogP contribution < -0.4 is 20.3 Å². The third-order valence-corrected chi connectivity index (χ3v) is 7.32. The molecule has 0 radical (unpaired) electrons. The topological polar surface area (TPSA) is 123 Å². The van der Waals surface area contributed by atoms with E-state index in [0.29, 0.717) is 30.1 Å². The quantitative estimate of drug-likeness (QED) is 0.328. The van der Waals surface area contributed by atoms with Crippen LogP contribution in [0.1, 0.15) is 41.0 Å². The minimum Gasteiger partial charge on any atom is -0.495 e. The Morgan fingerprint density at radius 2 is 1.55 bits per heavy atom. The number of hydrogen-bond donors (Lipinski definition) is 2. The summed E-state index contributed by atoms with van der Waals surface area (Å²) in [6.07, 6.45) is 0.890. The molecule has 3 amide bonds. The molecule has 3 aromatic rings. The fourth-order valence-electron chi connectivity index (χ4n) is 5.02. The predicted molar refractivity (Wildman–Crippen MR) is 159 cm³/mol. The highest BCUT2D eigenvalue weighted by Gasteiger charge is 2.27. The van der Waals surface area contributed by atoms with Crippen molar-refractivity contribution in [3.05, 3.63) is 82.9 Å². The number of hydrogen-bond acceptors (Lipinski definition) is 7. The molecule has 0 bridgehead atoms. The maximum Gasteiger partial charge on any atom is 0.323 e. The van der Waals surface area contributed by atoms with Gasteiger partial charge >= 0.3 is 18.0 Å². The summed E-state index contributed by atoms with van der Waals surface area (Å²) in [6.45, 7) is 2.43. The molecule has 2 N–H and O–H groups in total. The first kappa shape index (κ1) is 30.1. The molecule has 3 aromatic carbocycles. The zero-order valence-electron chi connectivity index (χ0n) is 24.2. The van der Waals surface area contributed by atoms with E-state index in [1.54, 1.807) is 23.1 Å². The number of amides is 3. The van der Waals surface area contributed by atoms with Crippen molar-refractivity contribution in [3.8, 4) is 5.75 Å². The Kier molecular flexibility index (Phi) is 9.80. The lowest BCUT2D eigenvalue weighted by Gasteiger charge is -2.20. The minimum atomic E-state index is -0.412. The second-order valence-corrected chi connectivity index (χ2v) is 10.0. The maximum absolute atomic E-state index is 13.3. The van der Waals surface area contributed by atoms with E-state index in [1.807, 2.05) is 49.4 Å². The van der Waals surface area contributed by atoms with Crippen LogP contribution in [-0.4, -0.2) is 51.8 Å². The molecule has 0 saturated carbocycles. The van der Waals surface area contributed by atoms with E-state index in [0.717, 1.165) is 27.9 Å². The molecular formula is C32H35N3O7. The lowest BCUT2D eigenvalue weighted by molar-refractivity contribution is -0.143. The van der Waals surface area contributed by atoms with E-state index >= 15 is 0 Å². The van der Waals surface area contributed by atoms with Gasteiger partial charge < -0.3 is 29.7 Å². The van der Waals surface area contributed by atoms with Crippen molar-refractivity contribution >= 4 is 40.9 Å². The molecule has 220 valence electrons. The Balaban J connectivity index is 1.44. The van der Waals surface area contributed by atoms with E-state index in [9.17, 15) is 19.2 Å². The molecule has 0 atom stereocenters. The van der Waals surface area contributed by atoms with E-state index in [4.69, 9.17) is 14.2 Å². The summed E-state index contributed by atoms with van der Waals surface area (Å²) < 4.78 is 15.1. The molecule has 0 aliphatic carbocycles. The Labute approximate surface area is 244 Å². The molecule has 1 aliphatic heterocycles. The van der Waals surface area contributed by atoms with Crippen molar-refractivity contribution in [1.29, 1.82) is 0 Å². The average molecular weight is 574 g/mol. The van der Waals surface area contributed by atoms with E-state index in [-0.39, 0.29) is 25.2 Å². The summed E-state index contributed by atoms with van der Waals surface area (Å²) in [5.41, 5.74) is 5.45. The Morgan fingerprint density at radius 1 is 0.857 bits per heavy atom. The highest BCUT2D eigenvalue weighted by atomic mass is 16.5. The number of fused-ring (bicyclic) bond motifs is 1. The zero-order chi connectivity index (χ0) is 30.2. The van der Waals surface area contributed by atoms with Crippen LogP contribution in [0.4, 0.5) is 21.9 Å². The van der Waals surface area contributed by atoms with E-state index in [2.05, 4.69) is 10.6 Å². The number of rotatable bonds is 10. The van der Waals surface area contributed by atoms with Crippen molar-refractivity contribution in [2.75, 3.05) is 43.4 Å². The van der Waals surface area contributed by atoms with E-state index in [1.165, 1.54) is 21.3 Å². The van der Waals surface area contributed by atoms with Crippen LogP contribution in [0.2, 0.25) is 0 Å². The summed E-state index contributed by atoms with van der Waals surface area (Å²) in [7, 11) is 4.13. The van der Waals surface area contributed by atoms with Crippen LogP contribution >= 0.6 is 0 Å². The monoisotopic (exact) mass is 573 g/mol. The molecule has 0 unspecified atom stereocenters. The van der Waals surface area contributed by atoms with Crippen molar-refractivity contribution in [2.45, 2.75) is 38.5 Å². The van der Waals surface area contributed by atoms with Gasteiger partial charge in [0.05, 0.1) is 46.3 Å². The van der Waals surface area contributed by atoms with Crippen LogP contribution in [0.5, 0.6) is 5.75 Å². The zero-order valence-corrected chi connectivity index (χ0v) is 24.2. The van der Waals surface area contributed by atoms with Crippen molar-refractivity contribution in [2.24, 2.45) is 0 Å². The lowest BCUT2D eigenvalue weighted by atomic mass is 9.91. The van der Waals surface area contributed by atoms with Crippen LogP contribution in [0, 0.1) is 6.92 Å². The number of anilines is 3. The van der Waals surface area contributed by atoms with Gasteiger partial charge in [-0.3, -0.25) is 14.4 Å². The van der Waals surface area contributed by atoms with Gasteiger partial charge in [-0.2, -0.15) is 0 Å². The second kappa shape index (κ2) is 13.7. The summed E-state index contributed by atoms with van der Waals surface area (Å²) in [6, 6.07) is 18.0. The number of benzene rings is 3. The van der Waals surface area contributed by atoms with Gasteiger partial charge in [-0.1, -0.05) is 36.4 Å². The number of aryl methyl sites for hydroxylation is 1. The third-order valence-electron chi connectivity index (χ3n) is 7.32. The van der Waals surface area contributed by atoms with Crippen LogP contribution in [0.25, 0.3) is 0 Å². The standard InChI is InChI=1S/C32H35N3O7/c1-20-7-5-6-8-25(20)33-32(39)34-26-11-9-21(15-28(26)40-2)16-29(36)35-14-13-23-17-22(10-12-27(23)35)24(18-30(37)41-3)19-31(38)42-4/h5-12,15,17,24H,13-14,16,18-19H2,1-4H3,(H2,33,34,39). The third kappa shape index (κ3) is 7.25. The molecule has 42 heavy (non-hydrogen) atoms. The average Bonchev–Trinajstić information content (AvgIpc) is 3.42. The highest BCUT2D eigenvalue weighted by Crippen LogP contribution is 2.34. The van der Waals surface area contributed by atoms with Gasteiger partial charge in [0, 0.05) is 23.8 Å². The fourth-order valence-corrected chi connectivity index (χ4v) is 5.02. The summed E-state index contributed by atoms with van der Waals surface area (Å²) in [5, 5.41) is 5.63. The maximum atomic E-state index is 13.3. The number of ether oxygens (including phenoxy) is 3. The largest absolute Gasteiger partial charge is 0.495 e. The van der Waals surface area contributed by atoms with Gasteiger partial charge in [0.1, 0.15) is 5.75 Å². The Morgan fingerprint density at radius 3 is 2.21 bits per heavy atom. The number of urea groups is 1. The molecule has 10 heteroatoms. The number of methoxy groups -OCH3 is 3. The number of carbonyl (C=O) groups excluding carboxylic acids is 4. The SMILES string of the molecule is COC(=O)CC(CC(=O)OC)c1ccc2c(c1)CCN2C(=O)Cc1ccc(NC(=O)Nc2ccccc2C)c(OC)c1. The molecular weight excluding hydrogens is 538 g/mol. The normalized spacial score (nSPS) is 12.0. The highest BCUT2D eigenvalue weighted by molar-refractivity contribution is 6.01. The first-order valence-corrected chi connectivity index (χ1v) is 13.6. The first-order chi connectivity index (χ1) is 20.2. The van der Waals surface area contributed by atoms with Gasteiger partial charge in [-0.05, 0) is 59.9 Å². The minimum absolute atomic E-state index is 0.0489. The van der Waals surface area contributed by atoms with Gasteiger partial charge in [-0.25, -0.2) is 4.79 Å². The molecule has 10 nitrogen and oxygen atoms in total. The summed E-state index contributed by atoms with van der Waals surface area (Å²) in [5.74, 6) is -0.857. The van der Waals surface area contributed by atoms with Gasteiger partial charge in [0.2, 0.25) is 5.91 Å². The predicted octanol–water partition coefficient (Wildman–Crippen LogP) is 4.99. The number of nitrogens with one attached hydrogen (secondary N) is 2. The smallest absolute Gasteiger partial charge is 0.323 e. The van der Waals surface area contributed by atoms with Gasteiger partial charge in [0.15, 0.2) is 0 Å². The number of esters is 2. The molecule has 4 rings (SSSR count). The molecule has 0 aromatic heterocycles. The van der Waals surface area contributed by atoms with Crippen molar-refractivity contribution < 1.29 is 33.4 Å². The molecule has 1 heterocycles. The lowest BCUT2D eigenvalue weighted by Crippen LogP contribution is -2.30. The Bertz CT molecular complexity index is 1470. The van der Waals surface area contributed by atoms with Gasteiger partial charge in [-0.15, -0.1) is 0 Å².